The van der Waals surface area contributed by atoms with Crippen LogP contribution in [0.1, 0.15) is 33.6 Å². The normalized spacial score (nSPS) is 22.0. The first kappa shape index (κ1) is 12.0. The minimum atomic E-state index is -0.179. The molecular weight excluding hydrogens is 192 g/mol. The smallest absolute Gasteiger partial charge is 0.225 e. The summed E-state index contributed by atoms with van der Waals surface area (Å²) in [6, 6.07) is 0. The second-order valence-electron chi connectivity index (χ2n) is 4.90. The summed E-state index contributed by atoms with van der Waals surface area (Å²) in [5.74, 6) is -0.114. The van der Waals surface area contributed by atoms with Crippen LogP contribution in [-0.4, -0.2) is 35.8 Å². The van der Waals surface area contributed by atoms with Crippen molar-refractivity contribution < 1.29 is 9.59 Å². The number of rotatable bonds is 3. The van der Waals surface area contributed by atoms with Gasteiger partial charge in [0.05, 0.1) is 5.92 Å². The standard InChI is InChI=1S/C11H20N2O2/c1-5-11(2,3)12-10(15)8-6-9(14)13(4)7-8/h8H,5-7H2,1-4H3,(H,12,15)/t8-/m0/s1. The molecule has 1 saturated heterocycles. The first-order chi connectivity index (χ1) is 6.85. The number of carbonyl (C=O) groups excluding carboxylic acids is 2. The third-order valence-electron chi connectivity index (χ3n) is 3.06. The Morgan fingerprint density at radius 2 is 2.20 bits per heavy atom. The lowest BCUT2D eigenvalue weighted by atomic mass is 9.99. The molecule has 0 aromatic heterocycles. The Morgan fingerprint density at radius 3 is 2.60 bits per heavy atom. The number of hydrogen-bond donors (Lipinski definition) is 1. The largest absolute Gasteiger partial charge is 0.351 e. The van der Waals surface area contributed by atoms with Crippen molar-refractivity contribution in [1.29, 1.82) is 0 Å². The summed E-state index contributed by atoms with van der Waals surface area (Å²) >= 11 is 0. The number of amides is 2. The van der Waals surface area contributed by atoms with Crippen LogP contribution in [0.2, 0.25) is 0 Å². The summed E-state index contributed by atoms with van der Waals surface area (Å²) in [4.78, 5) is 24.7. The number of nitrogens with zero attached hydrogens (tertiary/aromatic N) is 1. The lowest BCUT2D eigenvalue weighted by molar-refractivity contribution is -0.129. The van der Waals surface area contributed by atoms with E-state index in [2.05, 4.69) is 5.32 Å². The molecule has 0 bridgehead atoms. The van der Waals surface area contributed by atoms with Crippen molar-refractivity contribution >= 4 is 11.8 Å². The van der Waals surface area contributed by atoms with E-state index in [-0.39, 0.29) is 23.3 Å². The van der Waals surface area contributed by atoms with E-state index in [4.69, 9.17) is 0 Å². The highest BCUT2D eigenvalue weighted by molar-refractivity contribution is 5.89. The molecule has 4 heteroatoms. The van der Waals surface area contributed by atoms with Gasteiger partial charge < -0.3 is 10.2 Å². The molecule has 1 fully saturated rings. The van der Waals surface area contributed by atoms with E-state index in [0.717, 1.165) is 6.42 Å². The second kappa shape index (κ2) is 4.21. The molecule has 2 amide bonds. The topological polar surface area (TPSA) is 49.4 Å². The van der Waals surface area contributed by atoms with Gasteiger partial charge in [-0.3, -0.25) is 9.59 Å². The summed E-state index contributed by atoms with van der Waals surface area (Å²) in [5, 5.41) is 2.97. The Hall–Kier alpha value is -1.06. The molecule has 1 aliphatic heterocycles. The van der Waals surface area contributed by atoms with E-state index >= 15 is 0 Å². The highest BCUT2D eigenvalue weighted by atomic mass is 16.2. The fraction of sp³-hybridized carbons (Fsp3) is 0.818. The van der Waals surface area contributed by atoms with Crippen molar-refractivity contribution in [3.05, 3.63) is 0 Å². The van der Waals surface area contributed by atoms with Crippen molar-refractivity contribution in [3.63, 3.8) is 0 Å². The quantitative estimate of drug-likeness (QED) is 0.751. The Balaban J connectivity index is 2.53. The van der Waals surface area contributed by atoms with Gasteiger partial charge in [-0.15, -0.1) is 0 Å². The van der Waals surface area contributed by atoms with Crippen LogP contribution in [0.5, 0.6) is 0 Å². The first-order valence-electron chi connectivity index (χ1n) is 5.41. The average Bonchev–Trinajstić information content (AvgIpc) is 2.47. The van der Waals surface area contributed by atoms with Crippen LogP contribution in [0.3, 0.4) is 0 Å². The average molecular weight is 212 g/mol. The third-order valence-corrected chi connectivity index (χ3v) is 3.06. The first-order valence-corrected chi connectivity index (χ1v) is 5.41. The zero-order valence-corrected chi connectivity index (χ0v) is 9.96. The van der Waals surface area contributed by atoms with Crippen LogP contribution >= 0.6 is 0 Å². The van der Waals surface area contributed by atoms with Gasteiger partial charge >= 0.3 is 0 Å². The number of likely N-dealkylation sites (tertiary alicyclic amines) is 1. The van der Waals surface area contributed by atoms with Gasteiger partial charge in [0, 0.05) is 25.6 Å². The zero-order chi connectivity index (χ0) is 11.6. The van der Waals surface area contributed by atoms with Gasteiger partial charge in [0.15, 0.2) is 0 Å². The number of hydrogen-bond acceptors (Lipinski definition) is 2. The summed E-state index contributed by atoms with van der Waals surface area (Å²) in [5.41, 5.74) is -0.179. The molecule has 0 aromatic rings. The van der Waals surface area contributed by atoms with Crippen molar-refractivity contribution in [3.8, 4) is 0 Å². The van der Waals surface area contributed by atoms with Crippen molar-refractivity contribution in [2.75, 3.05) is 13.6 Å². The molecule has 0 aromatic carbocycles. The van der Waals surface area contributed by atoms with E-state index in [0.29, 0.717) is 13.0 Å². The monoisotopic (exact) mass is 212 g/mol. The summed E-state index contributed by atoms with van der Waals surface area (Å²) in [7, 11) is 1.74. The van der Waals surface area contributed by atoms with Gasteiger partial charge in [-0.25, -0.2) is 0 Å². The second-order valence-corrected chi connectivity index (χ2v) is 4.90. The highest BCUT2D eigenvalue weighted by Gasteiger charge is 2.33. The minimum Gasteiger partial charge on any atom is -0.351 e. The Kier molecular flexibility index (Phi) is 3.37. The molecule has 1 rings (SSSR count). The molecular formula is C11H20N2O2. The SMILES string of the molecule is CCC(C)(C)NC(=O)[C@H]1CC(=O)N(C)C1. The molecule has 1 heterocycles. The molecule has 0 spiro atoms. The van der Waals surface area contributed by atoms with Crippen LogP contribution in [0.15, 0.2) is 0 Å². The maximum absolute atomic E-state index is 11.8. The predicted octanol–water partition coefficient (Wildman–Crippen LogP) is 0.769. The highest BCUT2D eigenvalue weighted by Crippen LogP contribution is 2.18. The van der Waals surface area contributed by atoms with Crippen LogP contribution < -0.4 is 5.32 Å². The Bertz CT molecular complexity index is 274. The lowest BCUT2D eigenvalue weighted by Gasteiger charge is -2.26. The van der Waals surface area contributed by atoms with Crippen LogP contribution in [0.25, 0.3) is 0 Å². The lowest BCUT2D eigenvalue weighted by Crippen LogP contribution is -2.46. The Labute approximate surface area is 91.0 Å². The van der Waals surface area contributed by atoms with Crippen molar-refractivity contribution in [1.82, 2.24) is 10.2 Å². The molecule has 0 unspecified atom stereocenters. The molecule has 0 saturated carbocycles. The fourth-order valence-corrected chi connectivity index (χ4v) is 1.56. The summed E-state index contributed by atoms with van der Waals surface area (Å²) in [6.07, 6.45) is 1.23. The molecule has 1 aliphatic rings. The summed E-state index contributed by atoms with van der Waals surface area (Å²) < 4.78 is 0. The fourth-order valence-electron chi connectivity index (χ4n) is 1.56. The number of carbonyl (C=O) groups is 2. The van der Waals surface area contributed by atoms with E-state index in [1.165, 1.54) is 0 Å². The molecule has 1 atom stereocenters. The van der Waals surface area contributed by atoms with E-state index in [1.807, 2.05) is 20.8 Å². The molecule has 4 nitrogen and oxygen atoms in total. The van der Waals surface area contributed by atoms with E-state index in [9.17, 15) is 9.59 Å². The van der Waals surface area contributed by atoms with Crippen LogP contribution in [-0.2, 0) is 9.59 Å². The molecule has 0 radical (unpaired) electrons. The van der Waals surface area contributed by atoms with Gasteiger partial charge in [0.2, 0.25) is 11.8 Å². The summed E-state index contributed by atoms with van der Waals surface area (Å²) in [6.45, 7) is 6.56. The van der Waals surface area contributed by atoms with Gasteiger partial charge in [-0.1, -0.05) is 6.92 Å². The van der Waals surface area contributed by atoms with Crippen LogP contribution in [0, 0.1) is 5.92 Å². The maximum Gasteiger partial charge on any atom is 0.225 e. The maximum atomic E-state index is 11.8. The minimum absolute atomic E-state index is 0.000417. The number of nitrogens with one attached hydrogen (secondary N) is 1. The molecule has 1 N–H and O–H groups in total. The molecule has 86 valence electrons. The van der Waals surface area contributed by atoms with Crippen molar-refractivity contribution in [2.45, 2.75) is 39.2 Å². The molecule has 0 aliphatic carbocycles. The Morgan fingerprint density at radius 1 is 1.60 bits per heavy atom. The third kappa shape index (κ3) is 2.94. The zero-order valence-electron chi connectivity index (χ0n) is 9.96. The van der Waals surface area contributed by atoms with Crippen molar-refractivity contribution in [2.24, 2.45) is 5.92 Å². The van der Waals surface area contributed by atoms with Gasteiger partial charge in [0.1, 0.15) is 0 Å². The van der Waals surface area contributed by atoms with E-state index < -0.39 is 0 Å². The van der Waals surface area contributed by atoms with Gasteiger partial charge in [-0.2, -0.15) is 0 Å². The van der Waals surface area contributed by atoms with Gasteiger partial charge in [0.25, 0.3) is 0 Å². The van der Waals surface area contributed by atoms with Crippen LogP contribution in [0.4, 0.5) is 0 Å². The molecule has 15 heavy (non-hydrogen) atoms. The van der Waals surface area contributed by atoms with E-state index in [1.54, 1.807) is 11.9 Å². The predicted molar refractivity (Wildman–Crippen MR) is 58.3 cm³/mol. The van der Waals surface area contributed by atoms with Gasteiger partial charge in [-0.05, 0) is 20.3 Å².